The molecule has 1 heterocycles. The van der Waals surface area contributed by atoms with Crippen molar-refractivity contribution in [2.24, 2.45) is 0 Å². The van der Waals surface area contributed by atoms with Crippen molar-refractivity contribution in [3.05, 3.63) is 82.4 Å². The molecule has 0 atom stereocenters. The smallest absolute Gasteiger partial charge is 0.259 e. The summed E-state index contributed by atoms with van der Waals surface area (Å²) in [6, 6.07) is 13.8. The Labute approximate surface area is 150 Å². The number of nitrogens with zero attached hydrogens (tertiary/aromatic N) is 2. The average molecular weight is 358 g/mol. The second-order valence-corrected chi connectivity index (χ2v) is 5.99. The van der Waals surface area contributed by atoms with Crippen molar-refractivity contribution >= 4 is 23.2 Å². The van der Waals surface area contributed by atoms with Crippen LogP contribution in [0.4, 0.5) is 10.1 Å². The molecule has 3 aromatic rings. The number of rotatable bonds is 5. The molecule has 0 unspecified atom stereocenters. The lowest BCUT2D eigenvalue weighted by Crippen LogP contribution is -2.15. The van der Waals surface area contributed by atoms with Gasteiger partial charge in [-0.3, -0.25) is 9.48 Å². The minimum atomic E-state index is -0.451. The van der Waals surface area contributed by atoms with Gasteiger partial charge in [-0.25, -0.2) is 4.39 Å². The second kappa shape index (κ2) is 7.49. The van der Waals surface area contributed by atoms with Crippen LogP contribution in [-0.4, -0.2) is 15.7 Å². The molecule has 0 saturated heterocycles. The largest absolute Gasteiger partial charge is 0.321 e. The van der Waals surface area contributed by atoms with Gasteiger partial charge in [0.05, 0.1) is 34.7 Å². The van der Waals surface area contributed by atoms with Crippen LogP contribution in [0.2, 0.25) is 5.02 Å². The van der Waals surface area contributed by atoms with Crippen molar-refractivity contribution in [1.82, 2.24) is 9.78 Å². The zero-order valence-electron chi connectivity index (χ0n) is 13.7. The lowest BCUT2D eigenvalue weighted by molar-refractivity contribution is 0.102. The fourth-order valence-corrected chi connectivity index (χ4v) is 2.86. The highest BCUT2D eigenvalue weighted by molar-refractivity contribution is 6.33. The first-order valence-corrected chi connectivity index (χ1v) is 8.31. The normalized spacial score (nSPS) is 10.7. The quantitative estimate of drug-likeness (QED) is 0.728. The number of aromatic nitrogens is 2. The van der Waals surface area contributed by atoms with Crippen molar-refractivity contribution < 1.29 is 9.18 Å². The third-order valence-electron chi connectivity index (χ3n) is 3.88. The van der Waals surface area contributed by atoms with Crippen LogP contribution < -0.4 is 5.32 Å². The number of hydrogen-bond donors (Lipinski definition) is 1. The summed E-state index contributed by atoms with van der Waals surface area (Å²) in [5.74, 6) is -0.766. The van der Waals surface area contributed by atoms with E-state index in [2.05, 4.69) is 10.4 Å². The van der Waals surface area contributed by atoms with E-state index in [1.807, 2.05) is 41.9 Å². The number of hydrogen-bond acceptors (Lipinski definition) is 2. The molecule has 0 aliphatic rings. The molecule has 0 fully saturated rings. The van der Waals surface area contributed by atoms with Gasteiger partial charge in [-0.15, -0.1) is 0 Å². The van der Waals surface area contributed by atoms with Gasteiger partial charge in [0.25, 0.3) is 5.91 Å². The second-order valence-electron chi connectivity index (χ2n) is 5.58. The fourth-order valence-electron chi connectivity index (χ4n) is 2.65. The summed E-state index contributed by atoms with van der Waals surface area (Å²) in [7, 11) is 0. The molecule has 4 nitrogen and oxygen atoms in total. The fraction of sp³-hybridized carbons (Fsp3) is 0.158. The summed E-state index contributed by atoms with van der Waals surface area (Å²) in [5.41, 5.74) is 2.79. The highest BCUT2D eigenvalue weighted by atomic mass is 35.5. The maximum atomic E-state index is 13.1. The van der Waals surface area contributed by atoms with Crippen molar-refractivity contribution in [2.45, 2.75) is 19.9 Å². The zero-order chi connectivity index (χ0) is 17.8. The van der Waals surface area contributed by atoms with Gasteiger partial charge in [-0.2, -0.15) is 5.10 Å². The Bertz CT molecular complexity index is 893. The molecule has 1 aromatic heterocycles. The number of amides is 1. The van der Waals surface area contributed by atoms with E-state index in [0.29, 0.717) is 24.2 Å². The summed E-state index contributed by atoms with van der Waals surface area (Å²) in [5, 5.41) is 7.21. The van der Waals surface area contributed by atoms with Gasteiger partial charge in [0.2, 0.25) is 0 Å². The minimum absolute atomic E-state index is 0.156. The maximum Gasteiger partial charge on any atom is 0.259 e. The summed E-state index contributed by atoms with van der Waals surface area (Å²) < 4.78 is 14.9. The van der Waals surface area contributed by atoms with Crippen LogP contribution in [0.3, 0.4) is 0 Å². The lowest BCUT2D eigenvalue weighted by atomic mass is 10.1. The Morgan fingerprint density at radius 1 is 1.24 bits per heavy atom. The average Bonchev–Trinajstić information content (AvgIpc) is 3.01. The molecular weight excluding hydrogens is 341 g/mol. The van der Waals surface area contributed by atoms with Gasteiger partial charge >= 0.3 is 0 Å². The summed E-state index contributed by atoms with van der Waals surface area (Å²) in [6.07, 6.45) is 2.21. The summed E-state index contributed by atoms with van der Waals surface area (Å²) >= 11 is 5.97. The SMILES string of the molecule is CCc1c(C(=O)Nc2ccc(F)cc2Cl)cnn1Cc1ccccc1. The summed E-state index contributed by atoms with van der Waals surface area (Å²) in [4.78, 5) is 12.6. The molecule has 1 N–H and O–H groups in total. The molecule has 0 radical (unpaired) electrons. The van der Waals surface area contributed by atoms with E-state index in [4.69, 9.17) is 11.6 Å². The molecule has 25 heavy (non-hydrogen) atoms. The standard InChI is InChI=1S/C19H17ClFN3O/c1-2-18-15(11-22-24(18)12-13-6-4-3-5-7-13)19(25)23-17-9-8-14(21)10-16(17)20/h3-11H,2,12H2,1H3,(H,23,25). The molecule has 6 heteroatoms. The molecule has 1 amide bonds. The van der Waals surface area contributed by atoms with E-state index < -0.39 is 5.82 Å². The molecule has 0 bridgehead atoms. The van der Waals surface area contributed by atoms with Crippen molar-refractivity contribution in [3.63, 3.8) is 0 Å². The Kier molecular flexibility index (Phi) is 5.14. The van der Waals surface area contributed by atoms with Crippen LogP contribution in [0.25, 0.3) is 0 Å². The topological polar surface area (TPSA) is 46.9 Å². The highest BCUT2D eigenvalue weighted by Crippen LogP contribution is 2.23. The van der Waals surface area contributed by atoms with Gasteiger partial charge in [0.15, 0.2) is 0 Å². The maximum absolute atomic E-state index is 13.1. The molecule has 0 aliphatic heterocycles. The first-order valence-electron chi connectivity index (χ1n) is 7.93. The van der Waals surface area contributed by atoms with Crippen molar-refractivity contribution in [1.29, 1.82) is 0 Å². The van der Waals surface area contributed by atoms with Crippen LogP contribution in [0.1, 0.15) is 28.5 Å². The molecule has 2 aromatic carbocycles. The third-order valence-corrected chi connectivity index (χ3v) is 4.20. The van der Waals surface area contributed by atoms with Crippen LogP contribution >= 0.6 is 11.6 Å². The monoisotopic (exact) mass is 357 g/mol. The molecule has 3 rings (SSSR count). The molecular formula is C19H17ClFN3O. The number of anilines is 1. The van der Waals surface area contributed by atoms with Crippen LogP contribution in [0.15, 0.2) is 54.7 Å². The Morgan fingerprint density at radius 2 is 2.00 bits per heavy atom. The van der Waals surface area contributed by atoms with Gasteiger partial charge in [0, 0.05) is 0 Å². The van der Waals surface area contributed by atoms with Crippen molar-refractivity contribution in [2.75, 3.05) is 5.32 Å². The Hall–Kier alpha value is -2.66. The van der Waals surface area contributed by atoms with Gasteiger partial charge in [-0.1, -0.05) is 48.9 Å². The first kappa shape index (κ1) is 17.2. The number of carbonyl (C=O) groups excluding carboxylic acids is 1. The van der Waals surface area contributed by atoms with Gasteiger partial charge in [-0.05, 0) is 30.2 Å². The van der Waals surface area contributed by atoms with Crippen LogP contribution in [0, 0.1) is 5.82 Å². The Morgan fingerprint density at radius 3 is 2.68 bits per heavy atom. The Balaban J connectivity index is 1.83. The molecule has 0 aliphatic carbocycles. The van der Waals surface area contributed by atoms with E-state index in [1.165, 1.54) is 12.1 Å². The van der Waals surface area contributed by atoms with Gasteiger partial charge < -0.3 is 5.32 Å². The van der Waals surface area contributed by atoms with Crippen LogP contribution in [0.5, 0.6) is 0 Å². The molecule has 128 valence electrons. The lowest BCUT2D eigenvalue weighted by Gasteiger charge is -2.09. The first-order chi connectivity index (χ1) is 12.1. The zero-order valence-corrected chi connectivity index (χ0v) is 14.4. The van der Waals surface area contributed by atoms with E-state index in [9.17, 15) is 9.18 Å². The van der Waals surface area contributed by atoms with E-state index in [1.54, 1.807) is 6.20 Å². The highest BCUT2D eigenvalue weighted by Gasteiger charge is 2.17. The van der Waals surface area contributed by atoms with Crippen molar-refractivity contribution in [3.8, 4) is 0 Å². The number of nitrogens with one attached hydrogen (secondary N) is 1. The molecule has 0 spiro atoms. The number of carbonyl (C=O) groups is 1. The van der Waals surface area contributed by atoms with E-state index >= 15 is 0 Å². The predicted molar refractivity (Wildman–Crippen MR) is 96.5 cm³/mol. The van der Waals surface area contributed by atoms with Gasteiger partial charge in [0.1, 0.15) is 5.82 Å². The van der Waals surface area contributed by atoms with E-state index in [-0.39, 0.29) is 10.9 Å². The predicted octanol–water partition coefficient (Wildman–Crippen LogP) is 4.54. The minimum Gasteiger partial charge on any atom is -0.321 e. The third kappa shape index (κ3) is 3.88. The number of benzene rings is 2. The number of halogens is 2. The van der Waals surface area contributed by atoms with E-state index in [0.717, 1.165) is 17.3 Å². The summed E-state index contributed by atoms with van der Waals surface area (Å²) in [6.45, 7) is 2.56. The molecule has 0 saturated carbocycles. The van der Waals surface area contributed by atoms with Crippen LogP contribution in [-0.2, 0) is 13.0 Å².